The third-order valence-electron chi connectivity index (χ3n) is 2.91. The Bertz CT molecular complexity index is 302. The molecule has 1 aliphatic heterocycles. The maximum Gasteiger partial charge on any atom is 0.236 e. The van der Waals surface area contributed by atoms with Gasteiger partial charge in [0.15, 0.2) is 5.84 Å². The first kappa shape index (κ1) is 12.8. The van der Waals surface area contributed by atoms with Gasteiger partial charge in [-0.25, -0.2) is 0 Å². The van der Waals surface area contributed by atoms with E-state index in [-0.39, 0.29) is 17.8 Å². The van der Waals surface area contributed by atoms with Crippen LogP contribution in [0.5, 0.6) is 0 Å². The molecular weight excluding hydrogens is 210 g/mol. The summed E-state index contributed by atoms with van der Waals surface area (Å²) in [5.41, 5.74) is 4.54. The summed E-state index contributed by atoms with van der Waals surface area (Å²) < 4.78 is 5.26. The minimum absolute atomic E-state index is 0.0204. The average molecular weight is 229 g/mol. The SMILES string of the molecule is CC1COCCN1C(=O)C(C)(C)C(N)=NO. The molecule has 1 fully saturated rings. The summed E-state index contributed by atoms with van der Waals surface area (Å²) >= 11 is 0. The predicted octanol–water partition coefficient (Wildman–Crippen LogP) is 0.00630. The van der Waals surface area contributed by atoms with Crippen LogP contribution >= 0.6 is 0 Å². The largest absolute Gasteiger partial charge is 0.409 e. The van der Waals surface area contributed by atoms with Crippen molar-refractivity contribution in [2.45, 2.75) is 26.8 Å². The van der Waals surface area contributed by atoms with E-state index in [1.54, 1.807) is 18.7 Å². The number of rotatable bonds is 2. The van der Waals surface area contributed by atoms with Gasteiger partial charge in [0, 0.05) is 6.54 Å². The number of nitrogens with zero attached hydrogens (tertiary/aromatic N) is 2. The molecule has 0 bridgehead atoms. The maximum atomic E-state index is 12.2. The second-order valence-electron chi connectivity index (χ2n) is 4.53. The zero-order valence-electron chi connectivity index (χ0n) is 9.93. The van der Waals surface area contributed by atoms with Crippen LogP contribution in [0.4, 0.5) is 0 Å². The molecule has 0 aliphatic carbocycles. The number of carbonyl (C=O) groups is 1. The van der Waals surface area contributed by atoms with Crippen LogP contribution < -0.4 is 5.73 Å². The fraction of sp³-hybridized carbons (Fsp3) is 0.800. The molecule has 0 radical (unpaired) electrons. The van der Waals surface area contributed by atoms with Crippen LogP contribution in [-0.4, -0.2) is 47.7 Å². The van der Waals surface area contributed by atoms with E-state index in [1.807, 2.05) is 6.92 Å². The van der Waals surface area contributed by atoms with E-state index in [4.69, 9.17) is 15.7 Å². The molecular formula is C10H19N3O3. The lowest BCUT2D eigenvalue weighted by molar-refractivity contribution is -0.145. The number of hydrogen-bond acceptors (Lipinski definition) is 4. The molecule has 1 aliphatic rings. The summed E-state index contributed by atoms with van der Waals surface area (Å²) in [4.78, 5) is 13.9. The second kappa shape index (κ2) is 4.69. The van der Waals surface area contributed by atoms with Gasteiger partial charge in [0.2, 0.25) is 5.91 Å². The van der Waals surface area contributed by atoms with Crippen molar-refractivity contribution >= 4 is 11.7 Å². The van der Waals surface area contributed by atoms with E-state index < -0.39 is 5.41 Å². The lowest BCUT2D eigenvalue weighted by Crippen LogP contribution is -2.54. The van der Waals surface area contributed by atoms with E-state index >= 15 is 0 Å². The molecule has 3 N–H and O–H groups in total. The van der Waals surface area contributed by atoms with Gasteiger partial charge in [-0.2, -0.15) is 0 Å². The number of amides is 1. The van der Waals surface area contributed by atoms with Crippen LogP contribution in [0.3, 0.4) is 0 Å². The average Bonchev–Trinajstić information content (AvgIpc) is 2.27. The molecule has 0 aromatic carbocycles. The molecule has 1 rings (SSSR count). The van der Waals surface area contributed by atoms with Crippen LogP contribution in [-0.2, 0) is 9.53 Å². The van der Waals surface area contributed by atoms with E-state index in [0.717, 1.165) is 0 Å². The molecule has 92 valence electrons. The van der Waals surface area contributed by atoms with Gasteiger partial charge in [-0.3, -0.25) is 4.79 Å². The molecule has 0 aromatic rings. The van der Waals surface area contributed by atoms with Crippen molar-refractivity contribution in [2.24, 2.45) is 16.3 Å². The number of morpholine rings is 1. The van der Waals surface area contributed by atoms with Crippen LogP contribution in [0.25, 0.3) is 0 Å². The topological polar surface area (TPSA) is 88.2 Å². The summed E-state index contributed by atoms with van der Waals surface area (Å²) in [6.45, 7) is 6.81. The molecule has 1 unspecified atom stereocenters. The molecule has 1 atom stereocenters. The van der Waals surface area contributed by atoms with Crippen molar-refractivity contribution in [3.63, 3.8) is 0 Å². The lowest BCUT2D eigenvalue weighted by atomic mass is 9.89. The highest BCUT2D eigenvalue weighted by atomic mass is 16.5. The van der Waals surface area contributed by atoms with Crippen molar-refractivity contribution in [2.75, 3.05) is 19.8 Å². The third kappa shape index (κ3) is 2.27. The molecule has 1 saturated heterocycles. The standard InChI is InChI=1S/C10H19N3O3/c1-7-6-16-5-4-13(7)9(14)10(2,3)8(11)12-15/h7,15H,4-6H2,1-3H3,(H2,11,12). The number of oxime groups is 1. The predicted molar refractivity (Wildman–Crippen MR) is 59.2 cm³/mol. The summed E-state index contributed by atoms with van der Waals surface area (Å²) in [5.74, 6) is -0.213. The highest BCUT2D eigenvalue weighted by Crippen LogP contribution is 2.22. The quantitative estimate of drug-likeness (QED) is 0.302. The van der Waals surface area contributed by atoms with Gasteiger partial charge in [0.25, 0.3) is 0 Å². The van der Waals surface area contributed by atoms with Crippen LogP contribution in [0.15, 0.2) is 5.16 Å². The maximum absolute atomic E-state index is 12.2. The van der Waals surface area contributed by atoms with Gasteiger partial charge in [0.05, 0.1) is 19.3 Å². The van der Waals surface area contributed by atoms with Crippen molar-refractivity contribution in [3.05, 3.63) is 0 Å². The Morgan fingerprint density at radius 2 is 2.25 bits per heavy atom. The van der Waals surface area contributed by atoms with Crippen LogP contribution in [0, 0.1) is 5.41 Å². The monoisotopic (exact) mass is 229 g/mol. The molecule has 0 aromatic heterocycles. The molecule has 16 heavy (non-hydrogen) atoms. The van der Waals surface area contributed by atoms with Crippen molar-refractivity contribution in [3.8, 4) is 0 Å². The Morgan fingerprint density at radius 3 is 2.75 bits per heavy atom. The third-order valence-corrected chi connectivity index (χ3v) is 2.91. The first-order chi connectivity index (χ1) is 7.41. The van der Waals surface area contributed by atoms with Crippen LogP contribution in [0.2, 0.25) is 0 Å². The normalized spacial score (nSPS) is 23.3. The smallest absolute Gasteiger partial charge is 0.236 e. The second-order valence-corrected chi connectivity index (χ2v) is 4.53. The zero-order chi connectivity index (χ0) is 12.3. The van der Waals surface area contributed by atoms with E-state index in [0.29, 0.717) is 19.8 Å². The van der Waals surface area contributed by atoms with Crippen molar-refractivity contribution < 1.29 is 14.7 Å². The zero-order valence-corrected chi connectivity index (χ0v) is 9.93. The molecule has 0 spiro atoms. The van der Waals surface area contributed by atoms with E-state index in [1.165, 1.54) is 0 Å². The molecule has 0 saturated carbocycles. The fourth-order valence-electron chi connectivity index (χ4n) is 1.62. The van der Waals surface area contributed by atoms with Gasteiger partial charge in [-0.1, -0.05) is 5.16 Å². The van der Waals surface area contributed by atoms with Gasteiger partial charge < -0.3 is 20.6 Å². The Hall–Kier alpha value is -1.30. The Labute approximate surface area is 95.0 Å². The fourth-order valence-corrected chi connectivity index (χ4v) is 1.62. The minimum atomic E-state index is -0.986. The van der Waals surface area contributed by atoms with Gasteiger partial charge in [0.1, 0.15) is 5.41 Å². The first-order valence-corrected chi connectivity index (χ1v) is 5.28. The van der Waals surface area contributed by atoms with Gasteiger partial charge >= 0.3 is 0 Å². The van der Waals surface area contributed by atoms with Crippen LogP contribution in [0.1, 0.15) is 20.8 Å². The molecule has 6 heteroatoms. The summed E-state index contributed by atoms with van der Waals surface area (Å²) in [7, 11) is 0. The molecule has 1 amide bonds. The first-order valence-electron chi connectivity index (χ1n) is 5.28. The van der Waals surface area contributed by atoms with Gasteiger partial charge in [-0.05, 0) is 20.8 Å². The van der Waals surface area contributed by atoms with E-state index in [9.17, 15) is 4.79 Å². The molecule has 1 heterocycles. The highest BCUT2D eigenvalue weighted by Gasteiger charge is 2.38. The van der Waals surface area contributed by atoms with Gasteiger partial charge in [-0.15, -0.1) is 0 Å². The number of carbonyl (C=O) groups excluding carboxylic acids is 1. The number of ether oxygens (including phenoxy) is 1. The summed E-state index contributed by atoms with van der Waals surface area (Å²) in [6.07, 6.45) is 0. The summed E-state index contributed by atoms with van der Waals surface area (Å²) in [5, 5.41) is 11.6. The molecule has 6 nitrogen and oxygen atoms in total. The number of hydrogen-bond donors (Lipinski definition) is 2. The lowest BCUT2D eigenvalue weighted by Gasteiger charge is -2.38. The Balaban J connectivity index is 2.83. The van der Waals surface area contributed by atoms with Crippen molar-refractivity contribution in [1.29, 1.82) is 0 Å². The minimum Gasteiger partial charge on any atom is -0.409 e. The number of nitrogens with two attached hydrogens (primary N) is 1. The van der Waals surface area contributed by atoms with Crippen molar-refractivity contribution in [1.82, 2.24) is 4.90 Å². The van der Waals surface area contributed by atoms with E-state index in [2.05, 4.69) is 5.16 Å². The Morgan fingerprint density at radius 1 is 1.62 bits per heavy atom. The Kier molecular flexibility index (Phi) is 3.74. The summed E-state index contributed by atoms with van der Waals surface area (Å²) in [6, 6.07) is 0.0204. The number of amidine groups is 1. The highest BCUT2D eigenvalue weighted by molar-refractivity contribution is 6.06.